The fourth-order valence-electron chi connectivity index (χ4n) is 7.33. The summed E-state index contributed by atoms with van der Waals surface area (Å²) in [5, 5.41) is 24.9. The lowest BCUT2D eigenvalue weighted by Gasteiger charge is -2.56. The smallest absolute Gasteiger partial charge is 0.169 e. The Morgan fingerprint density at radius 2 is 1.26 bits per heavy atom. The molecule has 1 aliphatic rings. The monoisotopic (exact) mass is 671 g/mol. The Balaban J connectivity index is 1.73. The van der Waals surface area contributed by atoms with Crippen LogP contribution >= 0.6 is 15.9 Å². The first-order valence-electron chi connectivity index (χ1n) is 15.2. The van der Waals surface area contributed by atoms with Crippen LogP contribution in [0.4, 0.5) is 0 Å². The van der Waals surface area contributed by atoms with Gasteiger partial charge in [0.15, 0.2) is 5.78 Å². The van der Waals surface area contributed by atoms with Crippen molar-refractivity contribution >= 4 is 21.7 Å². The molecule has 230 valence electrons. The normalized spacial score (nSPS) is 24.0. The molecule has 1 aliphatic carbocycles. The van der Waals surface area contributed by atoms with Gasteiger partial charge >= 0.3 is 0 Å². The van der Waals surface area contributed by atoms with Crippen molar-refractivity contribution < 1.29 is 19.4 Å². The number of methoxy groups -OCH3 is 2. The summed E-state index contributed by atoms with van der Waals surface area (Å²) in [5.74, 6) is -1.21. The molecule has 0 radical (unpaired) electrons. The van der Waals surface area contributed by atoms with E-state index < -0.39 is 28.8 Å². The lowest BCUT2D eigenvalue weighted by Crippen LogP contribution is -2.58. The third-order valence-electron chi connectivity index (χ3n) is 9.52. The number of hydrogen-bond acceptors (Lipinski definition) is 5. The van der Waals surface area contributed by atoms with Crippen LogP contribution in [0, 0.1) is 17.2 Å². The molecule has 0 bridgehead atoms. The number of nitrogens with zero attached hydrogens (tertiary/aromatic N) is 1. The van der Waals surface area contributed by atoms with E-state index in [1.54, 1.807) is 26.4 Å². The van der Waals surface area contributed by atoms with Crippen molar-refractivity contribution in [3.8, 4) is 17.6 Å². The predicted octanol–water partition coefficient (Wildman–Crippen LogP) is 8.59. The maximum atomic E-state index is 15.0. The third kappa shape index (κ3) is 5.40. The van der Waals surface area contributed by atoms with Crippen LogP contribution in [-0.2, 0) is 11.0 Å². The summed E-state index contributed by atoms with van der Waals surface area (Å²) in [5.41, 5.74) is 0.574. The number of benzene rings is 5. The zero-order valence-corrected chi connectivity index (χ0v) is 27.2. The highest BCUT2D eigenvalue weighted by Gasteiger charge is 2.64. The maximum absolute atomic E-state index is 15.0. The van der Waals surface area contributed by atoms with Crippen LogP contribution in [0.15, 0.2) is 138 Å². The predicted molar refractivity (Wildman–Crippen MR) is 182 cm³/mol. The number of aliphatic hydroxyl groups is 1. The van der Waals surface area contributed by atoms with Crippen molar-refractivity contribution in [2.45, 2.75) is 29.3 Å². The number of nitriles is 1. The Morgan fingerprint density at radius 3 is 1.78 bits per heavy atom. The molecule has 0 heterocycles. The molecule has 0 aromatic heterocycles. The van der Waals surface area contributed by atoms with Crippen LogP contribution in [0.25, 0.3) is 0 Å². The Morgan fingerprint density at radius 1 is 0.739 bits per heavy atom. The molecule has 5 aromatic rings. The molecule has 46 heavy (non-hydrogen) atoms. The molecular weight excluding hydrogens is 638 g/mol. The van der Waals surface area contributed by atoms with Crippen molar-refractivity contribution in [3.05, 3.63) is 166 Å². The summed E-state index contributed by atoms with van der Waals surface area (Å²) >= 11 is 3.57. The van der Waals surface area contributed by atoms with E-state index in [9.17, 15) is 15.2 Å². The Kier molecular flexibility index (Phi) is 8.82. The van der Waals surface area contributed by atoms with Crippen molar-refractivity contribution in [1.82, 2.24) is 0 Å². The molecule has 0 saturated heterocycles. The first kappa shape index (κ1) is 31.3. The molecule has 5 aromatic carbocycles. The second-order valence-electron chi connectivity index (χ2n) is 11.8. The number of carbonyl (C=O) groups is 1. The van der Waals surface area contributed by atoms with Crippen LogP contribution in [0.3, 0.4) is 0 Å². The lowest BCUT2D eigenvalue weighted by molar-refractivity contribution is -0.0738. The standard InChI is InChI=1S/C40H34BrNO4/c1-45-33-21-13-27(14-22-33)35-25-40(44,31-11-7-4-8-12-31)37(38(43)29-9-5-3-6-10-29)36(28-15-23-34(46-2)24-16-28)39(35,26-42)30-17-19-32(41)20-18-30/h3-24,35-37,44H,25H2,1-2H3. The van der Waals surface area contributed by atoms with Gasteiger partial charge in [0, 0.05) is 21.9 Å². The summed E-state index contributed by atoms with van der Waals surface area (Å²) < 4.78 is 11.9. The molecule has 6 heteroatoms. The number of ether oxygens (including phenoxy) is 2. The Labute approximate surface area is 278 Å². The van der Waals surface area contributed by atoms with E-state index in [1.165, 1.54) is 0 Å². The zero-order chi connectivity index (χ0) is 32.3. The van der Waals surface area contributed by atoms with E-state index in [4.69, 9.17) is 9.47 Å². The first-order chi connectivity index (χ1) is 22.3. The molecule has 1 fully saturated rings. The number of rotatable bonds is 8. The van der Waals surface area contributed by atoms with Gasteiger partial charge in [-0.15, -0.1) is 0 Å². The van der Waals surface area contributed by atoms with Gasteiger partial charge in [0.2, 0.25) is 0 Å². The average Bonchev–Trinajstić information content (AvgIpc) is 3.12. The minimum atomic E-state index is -1.64. The number of carbonyl (C=O) groups excluding carboxylic acids is 1. The molecule has 5 atom stereocenters. The van der Waals surface area contributed by atoms with Gasteiger partial charge in [-0.05, 0) is 65.1 Å². The highest BCUT2D eigenvalue weighted by atomic mass is 79.9. The Hall–Kier alpha value is -4.70. The highest BCUT2D eigenvalue weighted by molar-refractivity contribution is 9.10. The van der Waals surface area contributed by atoms with E-state index in [-0.39, 0.29) is 12.2 Å². The van der Waals surface area contributed by atoms with Crippen LogP contribution in [0.2, 0.25) is 0 Å². The molecular formula is C40H34BrNO4. The zero-order valence-electron chi connectivity index (χ0n) is 25.6. The minimum Gasteiger partial charge on any atom is -0.497 e. The number of ketones is 1. The minimum absolute atomic E-state index is 0.128. The summed E-state index contributed by atoms with van der Waals surface area (Å²) in [4.78, 5) is 15.0. The second-order valence-corrected chi connectivity index (χ2v) is 12.7. The summed E-state index contributed by atoms with van der Waals surface area (Å²) in [6, 6.07) is 44.3. The summed E-state index contributed by atoms with van der Waals surface area (Å²) in [6.07, 6.45) is 0.128. The summed E-state index contributed by atoms with van der Waals surface area (Å²) in [6.45, 7) is 0. The highest BCUT2D eigenvalue weighted by Crippen LogP contribution is 2.64. The van der Waals surface area contributed by atoms with Gasteiger partial charge in [-0.3, -0.25) is 4.79 Å². The molecule has 6 rings (SSSR count). The lowest BCUT2D eigenvalue weighted by atomic mass is 9.46. The Bertz CT molecular complexity index is 1840. The molecule has 0 spiro atoms. The van der Waals surface area contributed by atoms with E-state index >= 15 is 0 Å². The molecule has 1 N–H and O–H groups in total. The number of halogens is 1. The van der Waals surface area contributed by atoms with Gasteiger partial charge in [0.1, 0.15) is 17.1 Å². The average molecular weight is 673 g/mol. The molecule has 0 aliphatic heterocycles. The molecule has 5 unspecified atom stereocenters. The maximum Gasteiger partial charge on any atom is 0.169 e. The first-order valence-corrected chi connectivity index (χ1v) is 16.0. The van der Waals surface area contributed by atoms with Crippen molar-refractivity contribution in [2.24, 2.45) is 5.92 Å². The fourth-order valence-corrected chi connectivity index (χ4v) is 7.60. The topological polar surface area (TPSA) is 79.6 Å². The van der Waals surface area contributed by atoms with Crippen LogP contribution in [-0.4, -0.2) is 25.1 Å². The van der Waals surface area contributed by atoms with Crippen molar-refractivity contribution in [1.29, 1.82) is 5.26 Å². The van der Waals surface area contributed by atoms with Gasteiger partial charge in [-0.25, -0.2) is 0 Å². The van der Waals surface area contributed by atoms with Gasteiger partial charge in [-0.1, -0.05) is 113 Å². The van der Waals surface area contributed by atoms with Gasteiger partial charge in [0.05, 0.1) is 31.6 Å². The fraction of sp³-hybridized carbons (Fsp3) is 0.200. The largest absolute Gasteiger partial charge is 0.497 e. The molecule has 1 saturated carbocycles. The molecule has 0 amide bonds. The van der Waals surface area contributed by atoms with Gasteiger partial charge in [-0.2, -0.15) is 5.26 Å². The van der Waals surface area contributed by atoms with Crippen molar-refractivity contribution in [2.75, 3.05) is 14.2 Å². The number of Topliss-reactive ketones (excluding diaryl/α,β-unsaturated/α-hetero) is 1. The second kappa shape index (κ2) is 13.0. The van der Waals surface area contributed by atoms with Crippen LogP contribution < -0.4 is 9.47 Å². The third-order valence-corrected chi connectivity index (χ3v) is 10.0. The van der Waals surface area contributed by atoms with Crippen molar-refractivity contribution in [3.63, 3.8) is 0 Å². The van der Waals surface area contributed by atoms with Gasteiger partial charge < -0.3 is 14.6 Å². The summed E-state index contributed by atoms with van der Waals surface area (Å²) in [7, 11) is 3.22. The van der Waals surface area contributed by atoms with E-state index in [0.29, 0.717) is 22.6 Å². The SMILES string of the molecule is COc1ccc(C2CC(O)(c3ccccc3)C(C(=O)c3ccccc3)C(c3ccc(OC)cc3)C2(C#N)c2ccc(Br)cc2)cc1. The van der Waals surface area contributed by atoms with Crippen LogP contribution in [0.1, 0.15) is 50.9 Å². The number of hydrogen-bond donors (Lipinski definition) is 1. The van der Waals surface area contributed by atoms with Crippen LogP contribution in [0.5, 0.6) is 11.5 Å². The molecule has 5 nitrogen and oxygen atoms in total. The van der Waals surface area contributed by atoms with E-state index in [2.05, 4.69) is 22.0 Å². The van der Waals surface area contributed by atoms with E-state index in [1.807, 2.05) is 121 Å². The van der Waals surface area contributed by atoms with Gasteiger partial charge in [0.25, 0.3) is 0 Å². The quantitative estimate of drug-likeness (QED) is 0.167. The van der Waals surface area contributed by atoms with E-state index in [0.717, 1.165) is 21.2 Å².